The van der Waals surface area contributed by atoms with Gasteiger partial charge < -0.3 is 19.9 Å². The summed E-state index contributed by atoms with van der Waals surface area (Å²) in [6.45, 7) is 1.82. The van der Waals surface area contributed by atoms with Crippen molar-refractivity contribution in [2.45, 2.75) is 6.04 Å². The van der Waals surface area contributed by atoms with E-state index in [0.29, 0.717) is 13.2 Å². The van der Waals surface area contributed by atoms with Crippen LogP contribution in [-0.2, 0) is 14.3 Å². The minimum absolute atomic E-state index is 0.0144. The lowest BCUT2D eigenvalue weighted by molar-refractivity contribution is -0.140. The molecule has 1 aliphatic rings. The molecular formula is C12H23N3O3S. The van der Waals surface area contributed by atoms with Crippen LogP contribution >= 0.6 is 11.8 Å². The molecule has 1 aliphatic heterocycles. The van der Waals surface area contributed by atoms with Gasteiger partial charge in [-0.2, -0.15) is 11.8 Å². The number of methoxy groups -OCH3 is 1. The third kappa shape index (κ3) is 5.38. The average molecular weight is 289 g/mol. The van der Waals surface area contributed by atoms with Crippen molar-refractivity contribution in [2.75, 3.05) is 59.0 Å². The molecular weight excluding hydrogens is 266 g/mol. The molecule has 1 atom stereocenters. The monoisotopic (exact) mass is 289 g/mol. The fourth-order valence-corrected chi connectivity index (χ4v) is 2.64. The van der Waals surface area contributed by atoms with E-state index in [1.54, 1.807) is 37.9 Å². The molecule has 1 N–H and O–H groups in total. The van der Waals surface area contributed by atoms with E-state index in [2.05, 4.69) is 5.32 Å². The van der Waals surface area contributed by atoms with Crippen LogP contribution in [0.2, 0.25) is 0 Å². The first-order valence-corrected chi connectivity index (χ1v) is 7.50. The molecule has 19 heavy (non-hydrogen) atoms. The quantitative estimate of drug-likeness (QED) is 0.697. The zero-order valence-corrected chi connectivity index (χ0v) is 12.7. The van der Waals surface area contributed by atoms with Crippen LogP contribution in [-0.4, -0.2) is 86.6 Å². The highest BCUT2D eigenvalue weighted by Gasteiger charge is 2.27. The Balaban J connectivity index is 2.60. The standard InChI is InChI=1S/C12H23N3O3S/c1-14(2)11(16)8-15(5-6-18-3)12(17)10-9-19-7-4-13-10/h10,13H,4-9H2,1-3H3. The lowest BCUT2D eigenvalue weighted by Gasteiger charge is -2.30. The van der Waals surface area contributed by atoms with E-state index in [4.69, 9.17) is 4.74 Å². The molecule has 1 fully saturated rings. The molecule has 2 amide bonds. The Morgan fingerprint density at radius 2 is 2.16 bits per heavy atom. The van der Waals surface area contributed by atoms with Gasteiger partial charge in [-0.3, -0.25) is 9.59 Å². The molecule has 0 aromatic rings. The Labute approximate surface area is 118 Å². The highest BCUT2D eigenvalue weighted by molar-refractivity contribution is 7.99. The summed E-state index contributed by atoms with van der Waals surface area (Å²) in [6.07, 6.45) is 0. The smallest absolute Gasteiger partial charge is 0.241 e. The van der Waals surface area contributed by atoms with Crippen molar-refractivity contribution in [1.82, 2.24) is 15.1 Å². The van der Waals surface area contributed by atoms with Gasteiger partial charge in [-0.05, 0) is 0 Å². The van der Waals surface area contributed by atoms with Crippen LogP contribution in [0.4, 0.5) is 0 Å². The zero-order valence-electron chi connectivity index (χ0n) is 11.8. The van der Waals surface area contributed by atoms with E-state index in [-0.39, 0.29) is 24.4 Å². The number of nitrogens with zero attached hydrogens (tertiary/aromatic N) is 2. The molecule has 110 valence electrons. The molecule has 0 aliphatic carbocycles. The molecule has 1 unspecified atom stereocenters. The molecule has 1 heterocycles. The first-order valence-electron chi connectivity index (χ1n) is 6.35. The van der Waals surface area contributed by atoms with Crippen LogP contribution in [0.25, 0.3) is 0 Å². The molecule has 0 aromatic carbocycles. The van der Waals surface area contributed by atoms with Gasteiger partial charge >= 0.3 is 0 Å². The molecule has 0 spiro atoms. The lowest BCUT2D eigenvalue weighted by atomic mass is 10.2. The Hall–Kier alpha value is -0.790. The van der Waals surface area contributed by atoms with Crippen LogP contribution in [0.3, 0.4) is 0 Å². The van der Waals surface area contributed by atoms with Crippen molar-refractivity contribution in [2.24, 2.45) is 0 Å². The topological polar surface area (TPSA) is 61.9 Å². The Bertz CT molecular complexity index is 307. The Kier molecular flexibility index (Phi) is 7.19. The maximum absolute atomic E-state index is 12.4. The van der Waals surface area contributed by atoms with Gasteiger partial charge in [0.05, 0.1) is 19.2 Å². The number of rotatable bonds is 6. The summed E-state index contributed by atoms with van der Waals surface area (Å²) in [5.41, 5.74) is 0. The molecule has 6 nitrogen and oxygen atoms in total. The van der Waals surface area contributed by atoms with Crippen molar-refractivity contribution in [3.63, 3.8) is 0 Å². The third-order valence-corrected chi connectivity index (χ3v) is 3.98. The molecule has 7 heteroatoms. The predicted molar refractivity (Wildman–Crippen MR) is 76.3 cm³/mol. The van der Waals surface area contributed by atoms with Crippen LogP contribution in [0, 0.1) is 0 Å². The number of thioether (sulfide) groups is 1. The van der Waals surface area contributed by atoms with Crippen molar-refractivity contribution < 1.29 is 14.3 Å². The fraction of sp³-hybridized carbons (Fsp3) is 0.833. The number of carbonyl (C=O) groups is 2. The van der Waals surface area contributed by atoms with Gasteiger partial charge in [-0.1, -0.05) is 0 Å². The van der Waals surface area contributed by atoms with Gasteiger partial charge in [0.1, 0.15) is 0 Å². The number of nitrogens with one attached hydrogen (secondary N) is 1. The largest absolute Gasteiger partial charge is 0.383 e. The number of hydrogen-bond acceptors (Lipinski definition) is 5. The highest BCUT2D eigenvalue weighted by Crippen LogP contribution is 2.10. The van der Waals surface area contributed by atoms with Crippen molar-refractivity contribution in [1.29, 1.82) is 0 Å². The van der Waals surface area contributed by atoms with E-state index in [1.165, 1.54) is 4.90 Å². The maximum Gasteiger partial charge on any atom is 0.241 e. The van der Waals surface area contributed by atoms with Gasteiger partial charge in [0.25, 0.3) is 0 Å². The van der Waals surface area contributed by atoms with Gasteiger partial charge in [-0.25, -0.2) is 0 Å². The minimum Gasteiger partial charge on any atom is -0.383 e. The average Bonchev–Trinajstić information content (AvgIpc) is 2.43. The number of carbonyl (C=O) groups excluding carboxylic acids is 2. The predicted octanol–water partition coefficient (Wildman–Crippen LogP) is -0.745. The second-order valence-electron chi connectivity index (χ2n) is 4.62. The fourth-order valence-electron chi connectivity index (χ4n) is 1.72. The second-order valence-corrected chi connectivity index (χ2v) is 5.77. The Morgan fingerprint density at radius 1 is 1.42 bits per heavy atom. The summed E-state index contributed by atoms with van der Waals surface area (Å²) in [7, 11) is 4.97. The van der Waals surface area contributed by atoms with E-state index in [9.17, 15) is 9.59 Å². The van der Waals surface area contributed by atoms with Crippen LogP contribution in [0.1, 0.15) is 0 Å². The number of amides is 2. The summed E-state index contributed by atoms with van der Waals surface area (Å²) in [4.78, 5) is 27.2. The molecule has 0 bridgehead atoms. The Morgan fingerprint density at radius 3 is 2.68 bits per heavy atom. The van der Waals surface area contributed by atoms with Crippen LogP contribution in [0.15, 0.2) is 0 Å². The van der Waals surface area contributed by atoms with E-state index in [0.717, 1.165) is 18.1 Å². The van der Waals surface area contributed by atoms with Crippen molar-refractivity contribution in [3.8, 4) is 0 Å². The number of likely N-dealkylation sites (N-methyl/N-ethyl adjacent to an activating group) is 1. The summed E-state index contributed by atoms with van der Waals surface area (Å²) in [6, 6.07) is -0.189. The van der Waals surface area contributed by atoms with Gasteiger partial charge in [0, 0.05) is 45.8 Å². The first-order chi connectivity index (χ1) is 9.06. The zero-order chi connectivity index (χ0) is 14.3. The van der Waals surface area contributed by atoms with Gasteiger partial charge in [0.2, 0.25) is 11.8 Å². The lowest BCUT2D eigenvalue weighted by Crippen LogP contribution is -2.53. The highest BCUT2D eigenvalue weighted by atomic mass is 32.2. The van der Waals surface area contributed by atoms with E-state index < -0.39 is 0 Å². The minimum atomic E-state index is -0.189. The second kappa shape index (κ2) is 8.39. The van der Waals surface area contributed by atoms with Crippen LogP contribution < -0.4 is 5.32 Å². The molecule has 1 rings (SSSR count). The normalized spacial score (nSPS) is 19.0. The van der Waals surface area contributed by atoms with E-state index in [1.807, 2.05) is 0 Å². The maximum atomic E-state index is 12.4. The molecule has 0 aromatic heterocycles. The molecule has 1 saturated heterocycles. The third-order valence-electron chi connectivity index (χ3n) is 2.92. The van der Waals surface area contributed by atoms with Crippen molar-refractivity contribution >= 4 is 23.6 Å². The molecule has 0 saturated carbocycles. The van der Waals surface area contributed by atoms with Crippen LogP contribution in [0.5, 0.6) is 0 Å². The summed E-state index contributed by atoms with van der Waals surface area (Å²) >= 11 is 1.76. The molecule has 0 radical (unpaired) electrons. The first kappa shape index (κ1) is 16.3. The van der Waals surface area contributed by atoms with Crippen molar-refractivity contribution in [3.05, 3.63) is 0 Å². The van der Waals surface area contributed by atoms with Gasteiger partial charge in [-0.15, -0.1) is 0 Å². The summed E-state index contributed by atoms with van der Waals surface area (Å²) < 4.78 is 5.01. The summed E-state index contributed by atoms with van der Waals surface area (Å²) in [5.74, 6) is 1.70. The number of ether oxygens (including phenoxy) is 1. The van der Waals surface area contributed by atoms with Gasteiger partial charge in [0.15, 0.2) is 0 Å². The SMILES string of the molecule is COCCN(CC(=O)N(C)C)C(=O)C1CSCCN1. The van der Waals surface area contributed by atoms with E-state index >= 15 is 0 Å². The summed E-state index contributed by atoms with van der Waals surface area (Å²) in [5, 5.41) is 3.20. The number of hydrogen-bond donors (Lipinski definition) is 1.